The largest absolute Gasteiger partial charge is 0.497 e. The average Bonchev–Trinajstić information content (AvgIpc) is 3.23. The van der Waals surface area contributed by atoms with Gasteiger partial charge >= 0.3 is 0 Å². The van der Waals surface area contributed by atoms with E-state index in [2.05, 4.69) is 24.1 Å². The molecule has 1 N–H and O–H groups in total. The van der Waals surface area contributed by atoms with Crippen LogP contribution in [-0.2, 0) is 9.59 Å². The molecule has 29 heavy (non-hydrogen) atoms. The van der Waals surface area contributed by atoms with Gasteiger partial charge < -0.3 is 15.0 Å². The van der Waals surface area contributed by atoms with E-state index in [1.807, 2.05) is 29.2 Å². The normalized spacial score (nSPS) is 19.4. The Kier molecular flexibility index (Phi) is 7.53. The molecule has 0 bridgehead atoms. The number of hydrogen-bond donors (Lipinski definition) is 1. The van der Waals surface area contributed by atoms with E-state index in [9.17, 15) is 9.59 Å². The first-order valence-corrected chi connectivity index (χ1v) is 10.9. The van der Waals surface area contributed by atoms with Crippen LogP contribution in [0.4, 0.5) is 5.69 Å². The fraction of sp³-hybridized carbons (Fsp3) is 0.652. The third-order valence-electron chi connectivity index (χ3n) is 6.12. The molecule has 1 atom stereocenters. The number of hydrogen-bond acceptors (Lipinski definition) is 4. The lowest BCUT2D eigenvalue weighted by atomic mass is 9.94. The summed E-state index contributed by atoms with van der Waals surface area (Å²) in [6, 6.07) is 7.36. The van der Waals surface area contributed by atoms with Gasteiger partial charge in [-0.15, -0.1) is 0 Å². The van der Waals surface area contributed by atoms with E-state index in [-0.39, 0.29) is 17.9 Å². The highest BCUT2D eigenvalue weighted by molar-refractivity contribution is 5.95. The second-order valence-corrected chi connectivity index (χ2v) is 8.72. The van der Waals surface area contributed by atoms with Gasteiger partial charge in [0.05, 0.1) is 13.2 Å². The van der Waals surface area contributed by atoms with Crippen LogP contribution in [0.3, 0.4) is 0 Å². The van der Waals surface area contributed by atoms with E-state index in [1.165, 1.54) is 12.8 Å². The number of ether oxygens (including phenoxy) is 1. The first-order chi connectivity index (χ1) is 14.0. The minimum absolute atomic E-state index is 0.0732. The number of piperazine rings is 1. The Bertz CT molecular complexity index is 675. The zero-order valence-electron chi connectivity index (χ0n) is 18.0. The summed E-state index contributed by atoms with van der Waals surface area (Å²) < 4.78 is 5.20. The first-order valence-electron chi connectivity index (χ1n) is 10.9. The van der Waals surface area contributed by atoms with Crippen LogP contribution in [0.25, 0.3) is 0 Å². The van der Waals surface area contributed by atoms with Gasteiger partial charge in [-0.05, 0) is 48.9 Å². The van der Waals surface area contributed by atoms with Crippen LogP contribution in [-0.4, -0.2) is 60.9 Å². The first kappa shape index (κ1) is 21.6. The van der Waals surface area contributed by atoms with Gasteiger partial charge in [0.2, 0.25) is 11.8 Å². The second kappa shape index (κ2) is 10.1. The molecule has 1 heterocycles. The van der Waals surface area contributed by atoms with Crippen molar-refractivity contribution in [3.63, 3.8) is 0 Å². The lowest BCUT2D eigenvalue weighted by Crippen LogP contribution is -2.57. The van der Waals surface area contributed by atoms with Crippen molar-refractivity contribution in [2.75, 3.05) is 38.6 Å². The molecule has 2 amide bonds. The van der Waals surface area contributed by atoms with Crippen molar-refractivity contribution in [3.8, 4) is 5.75 Å². The number of anilines is 1. The molecular formula is C23H35N3O3. The Morgan fingerprint density at radius 2 is 1.69 bits per heavy atom. The van der Waals surface area contributed by atoms with Crippen molar-refractivity contribution in [2.24, 2.45) is 11.8 Å². The Morgan fingerprint density at radius 3 is 2.24 bits per heavy atom. The third kappa shape index (κ3) is 5.72. The molecule has 1 aliphatic heterocycles. The maximum Gasteiger partial charge on any atom is 0.242 e. The van der Waals surface area contributed by atoms with Crippen molar-refractivity contribution in [2.45, 2.75) is 52.0 Å². The monoisotopic (exact) mass is 401 g/mol. The molecule has 2 fully saturated rings. The van der Waals surface area contributed by atoms with E-state index in [0.29, 0.717) is 31.3 Å². The zero-order chi connectivity index (χ0) is 20.8. The van der Waals surface area contributed by atoms with Gasteiger partial charge in [-0.2, -0.15) is 0 Å². The zero-order valence-corrected chi connectivity index (χ0v) is 18.0. The van der Waals surface area contributed by atoms with Crippen LogP contribution in [0.15, 0.2) is 24.3 Å². The van der Waals surface area contributed by atoms with Gasteiger partial charge in [-0.25, -0.2) is 0 Å². The van der Waals surface area contributed by atoms with E-state index >= 15 is 0 Å². The maximum absolute atomic E-state index is 13.2. The minimum atomic E-state index is -0.123. The molecule has 3 rings (SSSR count). The molecule has 6 nitrogen and oxygen atoms in total. The molecule has 0 unspecified atom stereocenters. The number of nitrogens with zero attached hydrogens (tertiary/aromatic N) is 2. The number of rotatable bonds is 7. The summed E-state index contributed by atoms with van der Waals surface area (Å²) in [5, 5.41) is 3.11. The van der Waals surface area contributed by atoms with Crippen LogP contribution in [0, 0.1) is 11.8 Å². The number of amides is 2. The Morgan fingerprint density at radius 1 is 1.07 bits per heavy atom. The maximum atomic E-state index is 13.2. The molecule has 1 saturated heterocycles. The molecule has 0 aromatic heterocycles. The summed E-state index contributed by atoms with van der Waals surface area (Å²) in [5.74, 6) is 1.86. The molecule has 1 aliphatic carbocycles. The van der Waals surface area contributed by atoms with Gasteiger partial charge in [-0.1, -0.05) is 26.7 Å². The number of carbonyl (C=O) groups excluding carboxylic acids is 2. The minimum Gasteiger partial charge on any atom is -0.497 e. The average molecular weight is 402 g/mol. The SMILES string of the molecule is COc1ccc(NC(=O)[C@H](C2CCCC2)N2CCN(C(=O)CC(C)C)CC2)cc1. The summed E-state index contributed by atoms with van der Waals surface area (Å²) in [4.78, 5) is 29.9. The van der Waals surface area contributed by atoms with E-state index < -0.39 is 0 Å². The highest BCUT2D eigenvalue weighted by atomic mass is 16.5. The Balaban J connectivity index is 1.64. The van der Waals surface area contributed by atoms with Crippen molar-refractivity contribution in [3.05, 3.63) is 24.3 Å². The van der Waals surface area contributed by atoms with E-state index in [4.69, 9.17) is 4.74 Å². The van der Waals surface area contributed by atoms with Crippen LogP contribution in [0.1, 0.15) is 46.0 Å². The predicted octanol–water partition coefficient (Wildman–Crippen LogP) is 3.38. The van der Waals surface area contributed by atoms with Gasteiger partial charge in [0, 0.05) is 38.3 Å². The smallest absolute Gasteiger partial charge is 0.242 e. The Hall–Kier alpha value is -2.08. The Labute approximate surface area is 174 Å². The number of benzene rings is 1. The van der Waals surface area contributed by atoms with Crippen molar-refractivity contribution < 1.29 is 14.3 Å². The highest BCUT2D eigenvalue weighted by Crippen LogP contribution is 2.32. The van der Waals surface area contributed by atoms with Gasteiger partial charge in [0.1, 0.15) is 5.75 Å². The van der Waals surface area contributed by atoms with Gasteiger partial charge in [-0.3, -0.25) is 14.5 Å². The van der Waals surface area contributed by atoms with Gasteiger partial charge in [0.25, 0.3) is 0 Å². The van der Waals surface area contributed by atoms with Crippen LogP contribution in [0.2, 0.25) is 0 Å². The summed E-state index contributed by atoms with van der Waals surface area (Å²) in [5.41, 5.74) is 0.796. The standard InChI is InChI=1S/C23H35N3O3/c1-17(2)16-21(27)25-12-14-26(15-13-25)22(18-6-4-5-7-18)23(28)24-19-8-10-20(29-3)11-9-19/h8-11,17-18,22H,4-7,12-16H2,1-3H3,(H,24,28)/t22-/m0/s1. The van der Waals surface area contributed by atoms with Crippen molar-refractivity contribution >= 4 is 17.5 Å². The lowest BCUT2D eigenvalue weighted by Gasteiger charge is -2.41. The quantitative estimate of drug-likeness (QED) is 0.761. The van der Waals surface area contributed by atoms with Gasteiger partial charge in [0.15, 0.2) is 0 Å². The summed E-state index contributed by atoms with van der Waals surface area (Å²) in [6.07, 6.45) is 5.21. The fourth-order valence-electron chi connectivity index (χ4n) is 4.57. The highest BCUT2D eigenvalue weighted by Gasteiger charge is 2.37. The lowest BCUT2D eigenvalue weighted by molar-refractivity contribution is -0.135. The molecule has 6 heteroatoms. The summed E-state index contributed by atoms with van der Waals surface area (Å²) >= 11 is 0. The molecule has 1 saturated carbocycles. The van der Waals surface area contributed by atoms with Crippen LogP contribution < -0.4 is 10.1 Å². The van der Waals surface area contributed by atoms with E-state index in [1.54, 1.807) is 7.11 Å². The molecule has 160 valence electrons. The molecule has 1 aromatic rings. The van der Waals surface area contributed by atoms with E-state index in [0.717, 1.165) is 37.4 Å². The second-order valence-electron chi connectivity index (χ2n) is 8.72. The number of nitrogens with one attached hydrogen (secondary N) is 1. The topological polar surface area (TPSA) is 61.9 Å². The van der Waals surface area contributed by atoms with Crippen molar-refractivity contribution in [1.82, 2.24) is 9.80 Å². The summed E-state index contributed by atoms with van der Waals surface area (Å²) in [7, 11) is 1.63. The number of methoxy groups -OCH3 is 1. The molecular weight excluding hydrogens is 366 g/mol. The predicted molar refractivity (Wildman–Crippen MR) is 115 cm³/mol. The third-order valence-corrected chi connectivity index (χ3v) is 6.12. The van der Waals surface area contributed by atoms with Crippen LogP contribution >= 0.6 is 0 Å². The fourth-order valence-corrected chi connectivity index (χ4v) is 4.57. The van der Waals surface area contributed by atoms with Crippen LogP contribution in [0.5, 0.6) is 5.75 Å². The number of carbonyl (C=O) groups is 2. The summed E-state index contributed by atoms with van der Waals surface area (Å²) in [6.45, 7) is 7.11. The molecule has 1 aromatic carbocycles. The molecule has 0 radical (unpaired) electrons. The molecule has 0 spiro atoms. The molecule has 2 aliphatic rings. The van der Waals surface area contributed by atoms with Crippen molar-refractivity contribution in [1.29, 1.82) is 0 Å².